The monoisotopic (exact) mass is 545 g/mol. The first-order valence-electron chi connectivity index (χ1n) is 10.6. The second kappa shape index (κ2) is 12.3. The summed E-state index contributed by atoms with van der Waals surface area (Å²) in [5.41, 5.74) is 0.833. The highest BCUT2D eigenvalue weighted by Crippen LogP contribution is 2.32. The van der Waals surface area contributed by atoms with E-state index in [9.17, 15) is 18.0 Å². The number of benzene rings is 2. The first kappa shape index (κ1) is 28.5. The van der Waals surface area contributed by atoms with Gasteiger partial charge in [0, 0.05) is 19.2 Å². The molecule has 0 aliphatic heterocycles. The van der Waals surface area contributed by atoms with Crippen LogP contribution in [0.3, 0.4) is 0 Å². The molecule has 0 aliphatic rings. The largest absolute Gasteiger partial charge is 0.493 e. The third-order valence-electron chi connectivity index (χ3n) is 5.19. The number of rotatable bonds is 11. The van der Waals surface area contributed by atoms with E-state index in [-0.39, 0.29) is 18.1 Å². The number of carbonyl (C=O) groups is 2. The smallest absolute Gasteiger partial charge is 0.244 e. The Morgan fingerprint density at radius 1 is 1.03 bits per heavy atom. The Morgan fingerprint density at radius 2 is 1.69 bits per heavy atom. The minimum absolute atomic E-state index is 0.0115. The number of ether oxygens (including phenoxy) is 2. The predicted octanol–water partition coefficient (Wildman–Crippen LogP) is 3.33. The number of sulfonamides is 1. The van der Waals surface area contributed by atoms with Crippen LogP contribution in [0.2, 0.25) is 10.0 Å². The lowest BCUT2D eigenvalue weighted by molar-refractivity contribution is -0.139. The summed E-state index contributed by atoms with van der Waals surface area (Å²) in [5.74, 6) is -0.260. The summed E-state index contributed by atoms with van der Waals surface area (Å²) in [6.07, 6.45) is 0.994. The van der Waals surface area contributed by atoms with Crippen LogP contribution in [0.1, 0.15) is 19.4 Å². The van der Waals surface area contributed by atoms with E-state index < -0.39 is 28.5 Å². The van der Waals surface area contributed by atoms with Gasteiger partial charge in [-0.2, -0.15) is 0 Å². The number of hydrogen-bond donors (Lipinski definition) is 1. The number of hydrogen-bond acceptors (Lipinski definition) is 6. The Kier molecular flexibility index (Phi) is 10.1. The zero-order valence-electron chi connectivity index (χ0n) is 20.2. The molecule has 35 heavy (non-hydrogen) atoms. The van der Waals surface area contributed by atoms with E-state index in [0.29, 0.717) is 33.7 Å². The molecule has 0 fully saturated rings. The highest BCUT2D eigenvalue weighted by Gasteiger charge is 2.30. The van der Waals surface area contributed by atoms with Crippen molar-refractivity contribution in [1.82, 2.24) is 10.2 Å². The van der Waals surface area contributed by atoms with Crippen molar-refractivity contribution in [3.8, 4) is 11.5 Å². The lowest BCUT2D eigenvalue weighted by Gasteiger charge is -2.31. The SMILES string of the molecule is CCNC(=O)[C@@H](C)N(Cc1ccc(Cl)c(Cl)c1)C(=O)CN(c1ccc(OC)c(OC)c1)S(C)(=O)=O. The fourth-order valence-corrected chi connectivity index (χ4v) is 4.50. The number of nitrogens with zero attached hydrogens (tertiary/aromatic N) is 2. The standard InChI is InChI=1S/C23H29Cl2N3O6S/c1-6-26-23(30)15(2)27(13-16-7-9-18(24)19(25)11-16)22(29)14-28(35(5,31)32)17-8-10-20(33-3)21(12-17)34-4/h7-12,15H,6,13-14H2,1-5H3,(H,26,30)/t15-/m1/s1. The molecule has 2 aromatic rings. The molecule has 0 bridgehead atoms. The maximum absolute atomic E-state index is 13.5. The molecule has 1 N–H and O–H groups in total. The van der Waals surface area contributed by atoms with Gasteiger partial charge in [0.25, 0.3) is 0 Å². The van der Waals surface area contributed by atoms with Gasteiger partial charge in [-0.15, -0.1) is 0 Å². The van der Waals surface area contributed by atoms with E-state index >= 15 is 0 Å². The van der Waals surface area contributed by atoms with Gasteiger partial charge >= 0.3 is 0 Å². The van der Waals surface area contributed by atoms with E-state index in [0.717, 1.165) is 10.6 Å². The van der Waals surface area contributed by atoms with Crippen molar-refractivity contribution in [2.24, 2.45) is 0 Å². The Hall–Kier alpha value is -2.69. The van der Waals surface area contributed by atoms with Gasteiger partial charge in [-0.3, -0.25) is 13.9 Å². The molecule has 2 aromatic carbocycles. The molecule has 0 unspecified atom stereocenters. The second-order valence-electron chi connectivity index (χ2n) is 7.65. The van der Waals surface area contributed by atoms with Gasteiger partial charge in [0.15, 0.2) is 11.5 Å². The lowest BCUT2D eigenvalue weighted by Crippen LogP contribution is -2.51. The Bertz CT molecular complexity index is 1180. The van der Waals surface area contributed by atoms with Crippen molar-refractivity contribution in [1.29, 1.82) is 0 Å². The summed E-state index contributed by atoms with van der Waals surface area (Å²) >= 11 is 12.1. The van der Waals surface area contributed by atoms with E-state index in [1.807, 2.05) is 0 Å². The third kappa shape index (κ3) is 7.39. The minimum atomic E-state index is -3.88. The quantitative estimate of drug-likeness (QED) is 0.464. The number of methoxy groups -OCH3 is 2. The Morgan fingerprint density at radius 3 is 2.23 bits per heavy atom. The van der Waals surface area contributed by atoms with Crippen LogP contribution in [0.5, 0.6) is 11.5 Å². The summed E-state index contributed by atoms with van der Waals surface area (Å²) in [7, 11) is -1.00. The molecule has 2 rings (SSSR count). The summed E-state index contributed by atoms with van der Waals surface area (Å²) in [4.78, 5) is 27.4. The zero-order chi connectivity index (χ0) is 26.3. The number of halogens is 2. The molecule has 2 amide bonds. The Balaban J connectivity index is 2.45. The maximum atomic E-state index is 13.5. The average molecular weight is 546 g/mol. The molecule has 0 aliphatic carbocycles. The summed E-state index contributed by atoms with van der Waals surface area (Å²) in [6, 6.07) is 8.49. The summed E-state index contributed by atoms with van der Waals surface area (Å²) in [6.45, 7) is 3.18. The van der Waals surface area contributed by atoms with Crippen LogP contribution in [-0.4, -0.2) is 64.7 Å². The average Bonchev–Trinajstić information content (AvgIpc) is 2.81. The van der Waals surface area contributed by atoms with Crippen LogP contribution in [0, 0.1) is 0 Å². The zero-order valence-corrected chi connectivity index (χ0v) is 22.5. The molecule has 9 nitrogen and oxygen atoms in total. The molecule has 0 saturated heterocycles. The first-order chi connectivity index (χ1) is 16.4. The summed E-state index contributed by atoms with van der Waals surface area (Å²) in [5, 5.41) is 3.33. The van der Waals surface area contributed by atoms with Crippen molar-refractivity contribution < 1.29 is 27.5 Å². The molecule has 0 heterocycles. The maximum Gasteiger partial charge on any atom is 0.244 e. The van der Waals surface area contributed by atoms with Crippen molar-refractivity contribution in [2.75, 3.05) is 37.9 Å². The molecule has 0 radical (unpaired) electrons. The van der Waals surface area contributed by atoms with Crippen molar-refractivity contribution >= 4 is 50.7 Å². The second-order valence-corrected chi connectivity index (χ2v) is 10.4. The molecule has 192 valence electrons. The fraction of sp³-hybridized carbons (Fsp3) is 0.391. The Labute approximate surface area is 215 Å². The van der Waals surface area contributed by atoms with Crippen molar-refractivity contribution in [2.45, 2.75) is 26.4 Å². The van der Waals surface area contributed by atoms with Crippen LogP contribution in [-0.2, 0) is 26.2 Å². The van der Waals surface area contributed by atoms with Gasteiger partial charge in [-0.1, -0.05) is 29.3 Å². The molecule has 12 heteroatoms. The van der Waals surface area contributed by atoms with Crippen LogP contribution in [0.15, 0.2) is 36.4 Å². The number of likely N-dealkylation sites (N-methyl/N-ethyl adjacent to an activating group) is 1. The molecular weight excluding hydrogens is 517 g/mol. The van der Waals surface area contributed by atoms with Gasteiger partial charge < -0.3 is 19.7 Å². The van der Waals surface area contributed by atoms with E-state index in [1.165, 1.54) is 31.3 Å². The lowest BCUT2D eigenvalue weighted by atomic mass is 10.1. The molecule has 1 atom stereocenters. The molecular formula is C23H29Cl2N3O6S. The predicted molar refractivity (Wildman–Crippen MR) is 137 cm³/mol. The highest BCUT2D eigenvalue weighted by molar-refractivity contribution is 7.92. The normalized spacial score (nSPS) is 12.0. The summed E-state index contributed by atoms with van der Waals surface area (Å²) < 4.78 is 36.8. The van der Waals surface area contributed by atoms with Gasteiger partial charge in [0.2, 0.25) is 21.8 Å². The van der Waals surface area contributed by atoms with Crippen molar-refractivity contribution in [3.05, 3.63) is 52.0 Å². The van der Waals surface area contributed by atoms with Crippen molar-refractivity contribution in [3.63, 3.8) is 0 Å². The minimum Gasteiger partial charge on any atom is -0.493 e. The molecule has 0 saturated carbocycles. The first-order valence-corrected chi connectivity index (χ1v) is 13.2. The number of anilines is 1. The van der Waals surface area contributed by atoms with Crippen LogP contribution >= 0.6 is 23.2 Å². The van der Waals surface area contributed by atoms with Gasteiger partial charge in [-0.25, -0.2) is 8.42 Å². The molecule has 0 aromatic heterocycles. The number of amides is 2. The van der Waals surface area contributed by atoms with Crippen LogP contribution in [0.25, 0.3) is 0 Å². The van der Waals surface area contributed by atoms with Gasteiger partial charge in [0.1, 0.15) is 12.6 Å². The number of nitrogens with one attached hydrogen (secondary N) is 1. The van der Waals surface area contributed by atoms with E-state index in [1.54, 1.807) is 38.1 Å². The topological polar surface area (TPSA) is 105 Å². The third-order valence-corrected chi connectivity index (χ3v) is 7.07. The fourth-order valence-electron chi connectivity index (χ4n) is 3.33. The van der Waals surface area contributed by atoms with Gasteiger partial charge in [-0.05, 0) is 43.7 Å². The highest BCUT2D eigenvalue weighted by atomic mass is 35.5. The van der Waals surface area contributed by atoms with Crippen LogP contribution < -0.4 is 19.1 Å². The van der Waals surface area contributed by atoms with E-state index in [2.05, 4.69) is 5.32 Å². The van der Waals surface area contributed by atoms with Crippen LogP contribution in [0.4, 0.5) is 5.69 Å². The van der Waals surface area contributed by atoms with Gasteiger partial charge in [0.05, 0.1) is 36.2 Å². The molecule has 0 spiro atoms. The van der Waals surface area contributed by atoms with E-state index in [4.69, 9.17) is 32.7 Å². The number of carbonyl (C=O) groups excluding carboxylic acids is 2.